The molecule has 1 saturated carbocycles. The molecule has 0 aromatic heterocycles. The quantitative estimate of drug-likeness (QED) is 0.803. The monoisotopic (exact) mass is 260 g/mol. The number of aryl methyl sites for hydroxylation is 1. The highest BCUT2D eigenvalue weighted by molar-refractivity contribution is 5.51. The summed E-state index contributed by atoms with van der Waals surface area (Å²) in [5.74, 6) is 0.934. The first kappa shape index (κ1) is 14.4. The highest BCUT2D eigenvalue weighted by Crippen LogP contribution is 2.32. The second kappa shape index (κ2) is 6.42. The summed E-state index contributed by atoms with van der Waals surface area (Å²) < 4.78 is 0. The van der Waals surface area contributed by atoms with Crippen molar-refractivity contribution in [3.05, 3.63) is 29.3 Å². The van der Waals surface area contributed by atoms with Crippen LogP contribution in [0.15, 0.2) is 18.2 Å². The molecule has 1 aromatic carbocycles. The minimum Gasteiger partial charge on any atom is -0.369 e. The van der Waals surface area contributed by atoms with E-state index in [1.807, 2.05) is 0 Å². The van der Waals surface area contributed by atoms with Crippen molar-refractivity contribution in [3.8, 4) is 0 Å². The molecule has 0 heterocycles. The molecule has 1 fully saturated rings. The Labute approximate surface area is 118 Å². The molecule has 19 heavy (non-hydrogen) atoms. The smallest absolute Gasteiger partial charge is 0.0371 e. The van der Waals surface area contributed by atoms with Crippen LogP contribution in [-0.4, -0.2) is 19.1 Å². The zero-order valence-electron chi connectivity index (χ0n) is 12.9. The van der Waals surface area contributed by atoms with Gasteiger partial charge in [-0.05, 0) is 69.3 Å². The average Bonchev–Trinajstić information content (AvgIpc) is 3.18. The fourth-order valence-corrected chi connectivity index (χ4v) is 2.51. The first-order valence-electron chi connectivity index (χ1n) is 7.68. The van der Waals surface area contributed by atoms with E-state index in [2.05, 4.69) is 56.1 Å². The zero-order chi connectivity index (χ0) is 13.8. The van der Waals surface area contributed by atoms with Crippen LogP contribution in [-0.2, 0) is 6.54 Å². The third-order valence-corrected chi connectivity index (χ3v) is 4.00. The van der Waals surface area contributed by atoms with Gasteiger partial charge in [0.15, 0.2) is 0 Å². The van der Waals surface area contributed by atoms with Crippen LogP contribution in [0.1, 0.15) is 44.7 Å². The summed E-state index contributed by atoms with van der Waals surface area (Å²) in [7, 11) is 0. The van der Waals surface area contributed by atoms with Crippen LogP contribution >= 0.6 is 0 Å². The summed E-state index contributed by atoms with van der Waals surface area (Å²) in [6.45, 7) is 12.2. The van der Waals surface area contributed by atoms with E-state index in [1.165, 1.54) is 36.2 Å². The maximum atomic E-state index is 3.41. The van der Waals surface area contributed by atoms with Crippen molar-refractivity contribution in [3.63, 3.8) is 0 Å². The van der Waals surface area contributed by atoms with E-state index in [-0.39, 0.29) is 0 Å². The maximum Gasteiger partial charge on any atom is 0.0371 e. The van der Waals surface area contributed by atoms with Gasteiger partial charge in [-0.3, -0.25) is 0 Å². The number of nitrogens with one attached hydrogen (secondary N) is 1. The van der Waals surface area contributed by atoms with Crippen LogP contribution in [0.25, 0.3) is 0 Å². The number of hydrogen-bond donors (Lipinski definition) is 1. The van der Waals surface area contributed by atoms with E-state index in [0.29, 0.717) is 6.04 Å². The minimum absolute atomic E-state index is 0.583. The first-order valence-corrected chi connectivity index (χ1v) is 7.68. The topological polar surface area (TPSA) is 15.3 Å². The number of rotatable bonds is 7. The molecule has 2 rings (SSSR count). The molecule has 0 aliphatic heterocycles. The van der Waals surface area contributed by atoms with E-state index in [1.54, 1.807) is 0 Å². The molecular weight excluding hydrogens is 232 g/mol. The van der Waals surface area contributed by atoms with Crippen LogP contribution < -0.4 is 10.2 Å². The summed E-state index contributed by atoms with van der Waals surface area (Å²) in [4.78, 5) is 2.56. The molecule has 0 unspecified atom stereocenters. The summed E-state index contributed by atoms with van der Waals surface area (Å²) in [5.41, 5.74) is 4.21. The van der Waals surface area contributed by atoms with E-state index in [9.17, 15) is 0 Å². The molecule has 0 amide bonds. The Morgan fingerprint density at radius 1 is 1.32 bits per heavy atom. The predicted molar refractivity (Wildman–Crippen MR) is 83.8 cm³/mol. The maximum absolute atomic E-state index is 3.41. The standard InChI is InChI=1S/C17H28N2/c1-5-18-11-16-8-9-17(10-14(16)4)19(13(2)3)12-15-6-7-15/h8-10,13,15,18H,5-7,11-12H2,1-4H3. The van der Waals surface area contributed by atoms with Crippen LogP contribution in [0.5, 0.6) is 0 Å². The molecule has 0 saturated heterocycles. The van der Waals surface area contributed by atoms with E-state index >= 15 is 0 Å². The first-order chi connectivity index (χ1) is 9.11. The van der Waals surface area contributed by atoms with Gasteiger partial charge in [-0.15, -0.1) is 0 Å². The Balaban J connectivity index is 2.11. The third-order valence-electron chi connectivity index (χ3n) is 4.00. The Morgan fingerprint density at radius 3 is 2.58 bits per heavy atom. The third kappa shape index (κ3) is 3.97. The highest BCUT2D eigenvalue weighted by atomic mass is 15.2. The summed E-state index contributed by atoms with van der Waals surface area (Å²) in [6, 6.07) is 7.52. The molecule has 0 atom stereocenters. The second-order valence-corrected chi connectivity index (χ2v) is 6.08. The Bertz CT molecular complexity index is 408. The van der Waals surface area contributed by atoms with E-state index in [0.717, 1.165) is 19.0 Å². The molecule has 0 radical (unpaired) electrons. The van der Waals surface area contributed by atoms with E-state index in [4.69, 9.17) is 0 Å². The molecule has 2 nitrogen and oxygen atoms in total. The lowest BCUT2D eigenvalue weighted by Crippen LogP contribution is -2.32. The van der Waals surface area contributed by atoms with Crippen LogP contribution in [0.2, 0.25) is 0 Å². The highest BCUT2D eigenvalue weighted by Gasteiger charge is 2.25. The molecule has 1 N–H and O–H groups in total. The fourth-order valence-electron chi connectivity index (χ4n) is 2.51. The molecular formula is C17H28N2. The van der Waals surface area contributed by atoms with Crippen molar-refractivity contribution >= 4 is 5.69 Å². The van der Waals surface area contributed by atoms with Crippen LogP contribution in [0.3, 0.4) is 0 Å². The Hall–Kier alpha value is -1.02. The Kier molecular flexibility index (Phi) is 4.87. The van der Waals surface area contributed by atoms with Crippen molar-refractivity contribution in [2.75, 3.05) is 18.0 Å². The van der Waals surface area contributed by atoms with Crippen LogP contribution in [0.4, 0.5) is 5.69 Å². The molecule has 0 spiro atoms. The lowest BCUT2D eigenvalue weighted by molar-refractivity contribution is 0.644. The Morgan fingerprint density at radius 2 is 2.05 bits per heavy atom. The van der Waals surface area contributed by atoms with Gasteiger partial charge in [-0.25, -0.2) is 0 Å². The van der Waals surface area contributed by atoms with Gasteiger partial charge in [0.2, 0.25) is 0 Å². The number of nitrogens with zero attached hydrogens (tertiary/aromatic N) is 1. The molecule has 0 bridgehead atoms. The van der Waals surface area contributed by atoms with Crippen molar-refractivity contribution in [1.29, 1.82) is 0 Å². The summed E-state index contributed by atoms with van der Waals surface area (Å²) >= 11 is 0. The average molecular weight is 260 g/mol. The van der Waals surface area contributed by atoms with Gasteiger partial charge in [-0.2, -0.15) is 0 Å². The normalized spacial score (nSPS) is 15.0. The second-order valence-electron chi connectivity index (χ2n) is 6.08. The minimum atomic E-state index is 0.583. The largest absolute Gasteiger partial charge is 0.369 e. The van der Waals surface area contributed by atoms with Crippen molar-refractivity contribution in [2.45, 2.75) is 53.1 Å². The number of anilines is 1. The van der Waals surface area contributed by atoms with Gasteiger partial charge >= 0.3 is 0 Å². The summed E-state index contributed by atoms with van der Waals surface area (Å²) in [6.07, 6.45) is 2.83. The molecule has 1 aromatic rings. The fraction of sp³-hybridized carbons (Fsp3) is 0.647. The molecule has 106 valence electrons. The van der Waals surface area contributed by atoms with Gasteiger partial charge < -0.3 is 10.2 Å². The number of hydrogen-bond acceptors (Lipinski definition) is 2. The van der Waals surface area contributed by atoms with Gasteiger partial charge in [0.1, 0.15) is 0 Å². The lowest BCUT2D eigenvalue weighted by atomic mass is 10.1. The van der Waals surface area contributed by atoms with E-state index < -0.39 is 0 Å². The van der Waals surface area contributed by atoms with Crippen LogP contribution in [0, 0.1) is 12.8 Å². The summed E-state index contributed by atoms with van der Waals surface area (Å²) in [5, 5.41) is 3.41. The van der Waals surface area contributed by atoms with Gasteiger partial charge in [0.25, 0.3) is 0 Å². The zero-order valence-corrected chi connectivity index (χ0v) is 12.9. The van der Waals surface area contributed by atoms with Crippen molar-refractivity contribution < 1.29 is 0 Å². The molecule has 1 aliphatic carbocycles. The number of benzene rings is 1. The van der Waals surface area contributed by atoms with Crippen molar-refractivity contribution in [1.82, 2.24) is 5.32 Å². The molecule has 2 heteroatoms. The van der Waals surface area contributed by atoms with Gasteiger partial charge in [0.05, 0.1) is 0 Å². The van der Waals surface area contributed by atoms with Crippen molar-refractivity contribution in [2.24, 2.45) is 5.92 Å². The molecule has 1 aliphatic rings. The SMILES string of the molecule is CCNCc1ccc(N(CC2CC2)C(C)C)cc1C. The lowest BCUT2D eigenvalue weighted by Gasteiger charge is -2.30. The van der Waals surface area contributed by atoms with Gasteiger partial charge in [-0.1, -0.05) is 13.0 Å². The predicted octanol–water partition coefficient (Wildman–Crippen LogP) is 3.73. The van der Waals surface area contributed by atoms with Gasteiger partial charge in [0, 0.05) is 24.8 Å².